The predicted octanol–water partition coefficient (Wildman–Crippen LogP) is 1.76. The molecule has 1 heterocycles. The summed E-state index contributed by atoms with van der Waals surface area (Å²) in [7, 11) is 0. The summed E-state index contributed by atoms with van der Waals surface area (Å²) in [6.07, 6.45) is 0.526. The molecule has 8 heteroatoms. The maximum absolute atomic E-state index is 12.3. The summed E-state index contributed by atoms with van der Waals surface area (Å²) in [6.45, 7) is 0.555. The van der Waals surface area contributed by atoms with E-state index in [2.05, 4.69) is 10.6 Å². The molecule has 3 rings (SSSR count). The van der Waals surface area contributed by atoms with Crippen molar-refractivity contribution in [2.75, 3.05) is 5.32 Å². The Morgan fingerprint density at radius 3 is 2.04 bits per heavy atom. The van der Waals surface area contributed by atoms with Gasteiger partial charge in [-0.2, -0.15) is 0 Å². The average molecular weight is 380 g/mol. The molecule has 0 atom stereocenters. The van der Waals surface area contributed by atoms with Gasteiger partial charge in [0, 0.05) is 30.6 Å². The molecule has 1 fully saturated rings. The SMILES string of the molecule is NC(=O)Nc1ccc(CNC(=O)c2ccc(CN3C(=O)CCC3=O)cc2)cc1. The van der Waals surface area contributed by atoms with E-state index >= 15 is 0 Å². The Kier molecular flexibility index (Phi) is 5.69. The van der Waals surface area contributed by atoms with Crippen molar-refractivity contribution in [3.8, 4) is 0 Å². The van der Waals surface area contributed by atoms with Crippen molar-refractivity contribution in [2.45, 2.75) is 25.9 Å². The fourth-order valence-electron chi connectivity index (χ4n) is 2.88. The van der Waals surface area contributed by atoms with Crippen LogP contribution in [0.2, 0.25) is 0 Å². The number of carbonyl (C=O) groups excluding carboxylic acids is 4. The topological polar surface area (TPSA) is 122 Å². The molecule has 1 aliphatic heterocycles. The van der Waals surface area contributed by atoms with Gasteiger partial charge in [-0.25, -0.2) is 4.79 Å². The normalized spacial score (nSPS) is 13.5. The Labute approximate surface area is 161 Å². The number of urea groups is 1. The summed E-state index contributed by atoms with van der Waals surface area (Å²) in [5.41, 5.74) is 7.77. The maximum Gasteiger partial charge on any atom is 0.316 e. The molecule has 144 valence electrons. The summed E-state index contributed by atoms with van der Waals surface area (Å²) < 4.78 is 0. The zero-order valence-corrected chi connectivity index (χ0v) is 15.1. The highest BCUT2D eigenvalue weighted by Crippen LogP contribution is 2.16. The van der Waals surface area contributed by atoms with Gasteiger partial charge in [-0.05, 0) is 35.4 Å². The molecule has 5 amide bonds. The number of amides is 5. The average Bonchev–Trinajstić information content (AvgIpc) is 2.99. The van der Waals surface area contributed by atoms with Crippen LogP contribution in [0.4, 0.5) is 10.5 Å². The van der Waals surface area contributed by atoms with Crippen LogP contribution in [0.25, 0.3) is 0 Å². The van der Waals surface area contributed by atoms with Gasteiger partial charge in [0.15, 0.2) is 0 Å². The molecule has 0 bridgehead atoms. The molecule has 1 saturated heterocycles. The summed E-state index contributed by atoms with van der Waals surface area (Å²) in [4.78, 5) is 47.7. The largest absolute Gasteiger partial charge is 0.351 e. The highest BCUT2D eigenvalue weighted by Gasteiger charge is 2.28. The lowest BCUT2D eigenvalue weighted by molar-refractivity contribution is -0.139. The number of nitrogens with zero attached hydrogens (tertiary/aromatic N) is 1. The highest BCUT2D eigenvalue weighted by atomic mass is 16.2. The predicted molar refractivity (Wildman–Crippen MR) is 102 cm³/mol. The fraction of sp³-hybridized carbons (Fsp3) is 0.200. The van der Waals surface area contributed by atoms with E-state index in [0.717, 1.165) is 11.1 Å². The van der Waals surface area contributed by atoms with Crippen LogP contribution >= 0.6 is 0 Å². The van der Waals surface area contributed by atoms with Crippen molar-refractivity contribution >= 4 is 29.4 Å². The molecule has 0 aromatic heterocycles. The minimum atomic E-state index is -0.636. The third-order valence-corrected chi connectivity index (χ3v) is 4.39. The minimum absolute atomic E-state index is 0.163. The van der Waals surface area contributed by atoms with Gasteiger partial charge in [0.1, 0.15) is 0 Å². The van der Waals surface area contributed by atoms with Crippen molar-refractivity contribution in [1.82, 2.24) is 10.2 Å². The molecule has 0 radical (unpaired) electrons. The van der Waals surface area contributed by atoms with Crippen molar-refractivity contribution in [2.24, 2.45) is 5.73 Å². The molecule has 1 aliphatic rings. The number of likely N-dealkylation sites (tertiary alicyclic amines) is 1. The Morgan fingerprint density at radius 1 is 0.893 bits per heavy atom. The van der Waals surface area contributed by atoms with E-state index in [9.17, 15) is 19.2 Å². The molecule has 0 aliphatic carbocycles. The van der Waals surface area contributed by atoms with Gasteiger partial charge in [-0.15, -0.1) is 0 Å². The van der Waals surface area contributed by atoms with Gasteiger partial charge in [0.2, 0.25) is 11.8 Å². The number of benzene rings is 2. The second kappa shape index (κ2) is 8.34. The lowest BCUT2D eigenvalue weighted by Gasteiger charge is -2.14. The number of hydrogen-bond acceptors (Lipinski definition) is 4. The van der Waals surface area contributed by atoms with Crippen molar-refractivity contribution in [1.29, 1.82) is 0 Å². The van der Waals surface area contributed by atoms with Crippen molar-refractivity contribution < 1.29 is 19.2 Å². The van der Waals surface area contributed by atoms with E-state index in [1.807, 2.05) is 0 Å². The number of nitrogens with two attached hydrogens (primary N) is 1. The number of carbonyl (C=O) groups is 4. The van der Waals surface area contributed by atoms with Gasteiger partial charge < -0.3 is 16.4 Å². The molecular weight excluding hydrogens is 360 g/mol. The standard InChI is InChI=1S/C20H20N4O4/c21-20(28)23-16-7-3-13(4-8-16)11-22-19(27)15-5-1-14(2-6-15)12-24-17(25)9-10-18(24)26/h1-8H,9-12H2,(H,22,27)(H3,21,23,28). The first-order valence-electron chi connectivity index (χ1n) is 8.78. The maximum atomic E-state index is 12.3. The highest BCUT2D eigenvalue weighted by molar-refractivity contribution is 6.01. The number of primary amides is 1. The van der Waals surface area contributed by atoms with Crippen LogP contribution in [0.15, 0.2) is 48.5 Å². The second-order valence-corrected chi connectivity index (χ2v) is 6.44. The first-order valence-corrected chi connectivity index (χ1v) is 8.78. The number of rotatable bonds is 6. The van der Waals surface area contributed by atoms with E-state index in [1.54, 1.807) is 48.5 Å². The molecule has 0 saturated carbocycles. The lowest BCUT2D eigenvalue weighted by atomic mass is 10.1. The monoisotopic (exact) mass is 380 g/mol. The summed E-state index contributed by atoms with van der Waals surface area (Å²) in [6, 6.07) is 13.1. The molecule has 8 nitrogen and oxygen atoms in total. The van der Waals surface area contributed by atoms with Crippen molar-refractivity contribution in [3.05, 3.63) is 65.2 Å². The van der Waals surface area contributed by atoms with Gasteiger partial charge in [-0.1, -0.05) is 24.3 Å². The van der Waals surface area contributed by atoms with E-state index in [4.69, 9.17) is 5.73 Å². The van der Waals surface area contributed by atoms with Crippen LogP contribution in [-0.2, 0) is 22.7 Å². The van der Waals surface area contributed by atoms with E-state index in [0.29, 0.717) is 17.8 Å². The smallest absolute Gasteiger partial charge is 0.316 e. The number of hydrogen-bond donors (Lipinski definition) is 3. The third-order valence-electron chi connectivity index (χ3n) is 4.39. The van der Waals surface area contributed by atoms with Crippen LogP contribution in [0.5, 0.6) is 0 Å². The second-order valence-electron chi connectivity index (χ2n) is 6.44. The van der Waals surface area contributed by atoms with Crippen LogP contribution < -0.4 is 16.4 Å². The molecule has 4 N–H and O–H groups in total. The zero-order chi connectivity index (χ0) is 20.1. The van der Waals surface area contributed by atoms with E-state index < -0.39 is 6.03 Å². The lowest BCUT2D eigenvalue weighted by Crippen LogP contribution is -2.28. The molecule has 28 heavy (non-hydrogen) atoms. The van der Waals surface area contributed by atoms with Gasteiger partial charge in [0.05, 0.1) is 6.54 Å². The van der Waals surface area contributed by atoms with Crippen LogP contribution in [0, 0.1) is 0 Å². The Hall–Kier alpha value is -3.68. The summed E-state index contributed by atoms with van der Waals surface area (Å²) >= 11 is 0. The number of anilines is 1. The van der Waals surface area contributed by atoms with Crippen molar-refractivity contribution in [3.63, 3.8) is 0 Å². The van der Waals surface area contributed by atoms with Gasteiger partial charge in [0.25, 0.3) is 5.91 Å². The zero-order valence-electron chi connectivity index (χ0n) is 15.1. The number of imide groups is 1. The van der Waals surface area contributed by atoms with Gasteiger partial charge >= 0.3 is 6.03 Å². The first kappa shape index (κ1) is 19.1. The Bertz CT molecular complexity index is 891. The third kappa shape index (κ3) is 4.73. The summed E-state index contributed by atoms with van der Waals surface area (Å²) in [5.74, 6) is -0.563. The minimum Gasteiger partial charge on any atom is -0.351 e. The molecule has 2 aromatic carbocycles. The first-order chi connectivity index (χ1) is 13.4. The molecule has 0 spiro atoms. The Morgan fingerprint density at radius 2 is 1.46 bits per heavy atom. The van der Waals surface area contributed by atoms with Crippen LogP contribution in [-0.4, -0.2) is 28.7 Å². The van der Waals surface area contributed by atoms with Crippen LogP contribution in [0.1, 0.15) is 34.3 Å². The van der Waals surface area contributed by atoms with Crippen LogP contribution in [0.3, 0.4) is 0 Å². The Balaban J connectivity index is 1.54. The summed E-state index contributed by atoms with van der Waals surface area (Å²) in [5, 5.41) is 5.28. The quantitative estimate of drug-likeness (QED) is 0.661. The van der Waals surface area contributed by atoms with E-state index in [-0.39, 0.29) is 37.1 Å². The molecular formula is C20H20N4O4. The van der Waals surface area contributed by atoms with E-state index in [1.165, 1.54) is 4.90 Å². The van der Waals surface area contributed by atoms with Gasteiger partial charge in [-0.3, -0.25) is 19.3 Å². The molecule has 0 unspecified atom stereocenters. The molecule has 2 aromatic rings. The number of nitrogens with one attached hydrogen (secondary N) is 2. The fourth-order valence-corrected chi connectivity index (χ4v) is 2.88.